The van der Waals surface area contributed by atoms with Crippen molar-refractivity contribution < 1.29 is 4.79 Å². The van der Waals surface area contributed by atoms with Crippen molar-refractivity contribution in [2.24, 2.45) is 11.7 Å². The highest BCUT2D eigenvalue weighted by Gasteiger charge is 2.19. The summed E-state index contributed by atoms with van der Waals surface area (Å²) < 4.78 is 0. The number of nitrogens with two attached hydrogens (primary N) is 1. The minimum Gasteiger partial charge on any atom is -0.353 e. The minimum atomic E-state index is 0.194. The Balaban J connectivity index is 2.04. The van der Waals surface area contributed by atoms with Gasteiger partial charge in [-0.15, -0.1) is 0 Å². The van der Waals surface area contributed by atoms with E-state index in [-0.39, 0.29) is 11.9 Å². The summed E-state index contributed by atoms with van der Waals surface area (Å²) in [6.45, 7) is 4.30. The van der Waals surface area contributed by atoms with E-state index >= 15 is 0 Å². The fraction of sp³-hybridized carbons (Fsp3) is 0.923. The van der Waals surface area contributed by atoms with E-state index in [1.807, 2.05) is 6.92 Å². The Labute approximate surface area is 109 Å². The Bertz CT molecular complexity index is 225. The summed E-state index contributed by atoms with van der Waals surface area (Å²) >= 11 is 1.69. The maximum atomic E-state index is 11.7. The third-order valence-corrected chi connectivity index (χ3v) is 4.32. The van der Waals surface area contributed by atoms with Crippen molar-refractivity contribution in [3.8, 4) is 0 Å². The minimum absolute atomic E-state index is 0.194. The molecule has 0 aromatic rings. The molecule has 17 heavy (non-hydrogen) atoms. The molecule has 3 nitrogen and oxygen atoms in total. The van der Waals surface area contributed by atoms with Crippen LogP contribution in [0.1, 0.15) is 46.0 Å². The number of hydrogen-bond donors (Lipinski definition) is 2. The van der Waals surface area contributed by atoms with Crippen molar-refractivity contribution >= 4 is 17.7 Å². The van der Waals surface area contributed by atoms with Crippen LogP contribution in [0.25, 0.3) is 0 Å². The van der Waals surface area contributed by atoms with Crippen LogP contribution in [0.4, 0.5) is 0 Å². The number of nitrogens with one attached hydrogen (secondary N) is 1. The second-order valence-corrected chi connectivity index (χ2v) is 6.45. The Hall–Kier alpha value is -0.220. The van der Waals surface area contributed by atoms with Gasteiger partial charge in [0.05, 0.1) is 5.75 Å². The number of rotatable bonds is 6. The zero-order valence-corrected chi connectivity index (χ0v) is 11.9. The van der Waals surface area contributed by atoms with Gasteiger partial charge in [0.2, 0.25) is 5.91 Å². The number of carbonyl (C=O) groups is 1. The summed E-state index contributed by atoms with van der Waals surface area (Å²) in [5, 5.41) is 3.14. The molecule has 1 aliphatic carbocycles. The fourth-order valence-corrected chi connectivity index (χ4v) is 3.06. The van der Waals surface area contributed by atoms with Crippen molar-refractivity contribution in [2.75, 3.05) is 11.5 Å². The van der Waals surface area contributed by atoms with Crippen molar-refractivity contribution in [3.05, 3.63) is 0 Å². The molecule has 1 amide bonds. The van der Waals surface area contributed by atoms with Gasteiger partial charge in [-0.2, -0.15) is 11.8 Å². The van der Waals surface area contributed by atoms with E-state index in [2.05, 4.69) is 12.2 Å². The first-order valence-corrected chi connectivity index (χ1v) is 7.86. The molecule has 1 fully saturated rings. The number of hydrogen-bond acceptors (Lipinski definition) is 3. The second kappa shape index (κ2) is 7.98. The standard InChI is InChI=1S/C13H26N2OS/c1-10-3-5-12(6-4-10)15-13(16)9-17-8-7-11(2)14/h10-12H,3-9,14H2,1-2H3,(H,15,16). The molecule has 0 radical (unpaired) electrons. The van der Waals surface area contributed by atoms with Crippen molar-refractivity contribution in [3.63, 3.8) is 0 Å². The zero-order chi connectivity index (χ0) is 12.7. The van der Waals surface area contributed by atoms with E-state index in [1.54, 1.807) is 11.8 Å². The topological polar surface area (TPSA) is 55.1 Å². The predicted molar refractivity (Wildman–Crippen MR) is 75.2 cm³/mol. The summed E-state index contributed by atoms with van der Waals surface area (Å²) in [6, 6.07) is 0.665. The summed E-state index contributed by atoms with van der Waals surface area (Å²) in [5.74, 6) is 2.59. The van der Waals surface area contributed by atoms with Gasteiger partial charge in [-0.3, -0.25) is 4.79 Å². The van der Waals surface area contributed by atoms with E-state index in [1.165, 1.54) is 12.8 Å². The lowest BCUT2D eigenvalue weighted by Gasteiger charge is -2.26. The van der Waals surface area contributed by atoms with Gasteiger partial charge in [-0.1, -0.05) is 6.92 Å². The highest BCUT2D eigenvalue weighted by Crippen LogP contribution is 2.23. The van der Waals surface area contributed by atoms with Gasteiger partial charge in [0, 0.05) is 12.1 Å². The molecule has 0 aromatic carbocycles. The first kappa shape index (κ1) is 14.8. The van der Waals surface area contributed by atoms with E-state index in [0.29, 0.717) is 11.8 Å². The normalized spacial score (nSPS) is 26.5. The van der Waals surface area contributed by atoms with Gasteiger partial charge >= 0.3 is 0 Å². The Kier molecular flexibility index (Phi) is 6.97. The third kappa shape index (κ3) is 6.94. The molecule has 1 aliphatic rings. The average molecular weight is 258 g/mol. The maximum Gasteiger partial charge on any atom is 0.230 e. The zero-order valence-electron chi connectivity index (χ0n) is 11.1. The van der Waals surface area contributed by atoms with Gasteiger partial charge < -0.3 is 11.1 Å². The lowest BCUT2D eigenvalue weighted by atomic mass is 9.87. The van der Waals surface area contributed by atoms with Crippen LogP contribution in [0.3, 0.4) is 0 Å². The van der Waals surface area contributed by atoms with Gasteiger partial charge in [-0.25, -0.2) is 0 Å². The van der Waals surface area contributed by atoms with Crippen molar-refractivity contribution in [1.29, 1.82) is 0 Å². The molecule has 1 saturated carbocycles. The van der Waals surface area contributed by atoms with E-state index < -0.39 is 0 Å². The van der Waals surface area contributed by atoms with Crippen LogP contribution in [0.15, 0.2) is 0 Å². The summed E-state index contributed by atoms with van der Waals surface area (Å²) in [7, 11) is 0. The van der Waals surface area contributed by atoms with Gasteiger partial charge in [0.1, 0.15) is 0 Å². The molecule has 4 heteroatoms. The van der Waals surface area contributed by atoms with Crippen LogP contribution in [0, 0.1) is 5.92 Å². The molecule has 100 valence electrons. The third-order valence-electron chi connectivity index (χ3n) is 3.33. The first-order chi connectivity index (χ1) is 8.08. The molecule has 0 heterocycles. The summed E-state index contributed by atoms with van der Waals surface area (Å²) in [6.07, 6.45) is 5.79. The molecule has 0 aliphatic heterocycles. The molecule has 1 rings (SSSR count). The van der Waals surface area contributed by atoms with E-state index in [0.717, 1.165) is 30.9 Å². The monoisotopic (exact) mass is 258 g/mol. The first-order valence-electron chi connectivity index (χ1n) is 6.70. The van der Waals surface area contributed by atoms with Crippen molar-refractivity contribution in [2.45, 2.75) is 58.0 Å². The van der Waals surface area contributed by atoms with E-state index in [9.17, 15) is 4.79 Å². The molecule has 3 N–H and O–H groups in total. The average Bonchev–Trinajstić information content (AvgIpc) is 2.27. The molecule has 1 unspecified atom stereocenters. The molecule has 0 spiro atoms. The second-order valence-electron chi connectivity index (χ2n) is 5.34. The highest BCUT2D eigenvalue weighted by molar-refractivity contribution is 7.99. The van der Waals surface area contributed by atoms with Crippen LogP contribution in [0.2, 0.25) is 0 Å². The van der Waals surface area contributed by atoms with Gasteiger partial charge in [0.15, 0.2) is 0 Å². The fourth-order valence-electron chi connectivity index (χ4n) is 2.11. The van der Waals surface area contributed by atoms with Crippen LogP contribution in [-0.4, -0.2) is 29.5 Å². The number of thioether (sulfide) groups is 1. The number of amides is 1. The molecule has 1 atom stereocenters. The molecule has 0 saturated heterocycles. The Morgan fingerprint density at radius 1 is 1.41 bits per heavy atom. The van der Waals surface area contributed by atoms with Gasteiger partial charge in [-0.05, 0) is 50.7 Å². The highest BCUT2D eigenvalue weighted by atomic mass is 32.2. The lowest BCUT2D eigenvalue weighted by molar-refractivity contribution is -0.119. The summed E-state index contributed by atoms with van der Waals surface area (Å²) in [5.41, 5.74) is 5.66. The molecule has 0 aromatic heterocycles. The predicted octanol–water partition coefficient (Wildman–Crippen LogP) is 2.15. The number of carbonyl (C=O) groups excluding carboxylic acids is 1. The van der Waals surface area contributed by atoms with Gasteiger partial charge in [0.25, 0.3) is 0 Å². The summed E-state index contributed by atoms with van der Waals surface area (Å²) in [4.78, 5) is 11.7. The molecular formula is C13H26N2OS. The Morgan fingerprint density at radius 3 is 2.65 bits per heavy atom. The maximum absolute atomic E-state index is 11.7. The Morgan fingerprint density at radius 2 is 2.06 bits per heavy atom. The molecule has 0 bridgehead atoms. The van der Waals surface area contributed by atoms with Crippen LogP contribution >= 0.6 is 11.8 Å². The lowest BCUT2D eigenvalue weighted by Crippen LogP contribution is -2.38. The SMILES string of the molecule is CC(N)CCSCC(=O)NC1CCC(C)CC1. The van der Waals surface area contributed by atoms with E-state index in [4.69, 9.17) is 5.73 Å². The largest absolute Gasteiger partial charge is 0.353 e. The van der Waals surface area contributed by atoms with Crippen LogP contribution in [0.5, 0.6) is 0 Å². The molecular weight excluding hydrogens is 232 g/mol. The van der Waals surface area contributed by atoms with Crippen molar-refractivity contribution in [1.82, 2.24) is 5.32 Å². The van der Waals surface area contributed by atoms with Crippen LogP contribution in [-0.2, 0) is 4.79 Å². The quantitative estimate of drug-likeness (QED) is 0.718. The van der Waals surface area contributed by atoms with Crippen LogP contribution < -0.4 is 11.1 Å². The smallest absolute Gasteiger partial charge is 0.230 e.